The van der Waals surface area contributed by atoms with Gasteiger partial charge in [-0.15, -0.1) is 22.7 Å². The van der Waals surface area contributed by atoms with Crippen LogP contribution >= 0.6 is 22.7 Å². The normalized spacial score (nSPS) is 25.5. The number of amides is 3. The van der Waals surface area contributed by atoms with Crippen molar-refractivity contribution < 1.29 is 50.9 Å². The molecule has 2 bridgehead atoms. The van der Waals surface area contributed by atoms with Crippen molar-refractivity contribution in [1.82, 2.24) is 55.9 Å². The van der Waals surface area contributed by atoms with Gasteiger partial charge in [0.15, 0.2) is 0 Å². The summed E-state index contributed by atoms with van der Waals surface area (Å²) < 4.78 is 90.0. The Labute approximate surface area is 519 Å². The first kappa shape index (κ1) is 60.1. The molecule has 2 aromatic carbocycles. The number of piperidine rings is 1. The van der Waals surface area contributed by atoms with E-state index in [9.17, 15) is 32.7 Å². The zero-order valence-electron chi connectivity index (χ0n) is 50.2. The van der Waals surface area contributed by atoms with E-state index < -0.39 is 58.2 Å². The summed E-state index contributed by atoms with van der Waals surface area (Å²) >= 11 is 2.85. The van der Waals surface area contributed by atoms with Gasteiger partial charge in [0.25, 0.3) is 5.92 Å². The zero-order chi connectivity index (χ0) is 61.9. The van der Waals surface area contributed by atoms with Crippen molar-refractivity contribution in [1.29, 1.82) is 0 Å². The van der Waals surface area contributed by atoms with Crippen molar-refractivity contribution in [3.8, 4) is 27.7 Å². The predicted molar refractivity (Wildman–Crippen MR) is 328 cm³/mol. The number of pyridine rings is 1. The number of fused-ring (bicyclic) bond motifs is 6. The number of alkyl halides is 5. The van der Waals surface area contributed by atoms with Crippen LogP contribution in [0.3, 0.4) is 0 Å². The molecule has 0 radical (unpaired) electrons. The smallest absolute Gasteiger partial charge is 0.416 e. The average molecular weight is 1270 g/mol. The number of likely N-dealkylation sites (tertiary alicyclic amines) is 2. The number of hydrogen-bond donors (Lipinski definition) is 5. The summed E-state index contributed by atoms with van der Waals surface area (Å²) in [5.74, 6) is -3.94. The number of rotatable bonds is 16. The lowest BCUT2D eigenvalue weighted by molar-refractivity contribution is -0.146. The van der Waals surface area contributed by atoms with Gasteiger partial charge in [0.2, 0.25) is 17.7 Å². The van der Waals surface area contributed by atoms with Gasteiger partial charge < -0.3 is 45.2 Å². The van der Waals surface area contributed by atoms with Crippen LogP contribution in [0.2, 0.25) is 0 Å². The second-order valence-corrected chi connectivity index (χ2v) is 29.1. The Bertz CT molecular complexity index is 3860. The number of carbonyl (C=O) groups excluding carboxylic acids is 3. The quantitative estimate of drug-likeness (QED) is 0.0570. The van der Waals surface area contributed by atoms with E-state index in [0.717, 1.165) is 51.4 Å². The van der Waals surface area contributed by atoms with Crippen molar-refractivity contribution in [3.63, 3.8) is 0 Å². The summed E-state index contributed by atoms with van der Waals surface area (Å²) in [6.45, 7) is 10.2. The van der Waals surface area contributed by atoms with Gasteiger partial charge in [-0.3, -0.25) is 24.5 Å². The lowest BCUT2D eigenvalue weighted by Gasteiger charge is -2.46. The second kappa shape index (κ2) is 22.7. The number of aromatic nitrogens is 6. The highest BCUT2D eigenvalue weighted by atomic mass is 32.1. The molecule has 7 aromatic rings. The fraction of sp³-hybridized carbons (Fsp3) is 0.562. The molecule has 472 valence electrons. The number of carbonyl (C=O) groups is 3. The SMILES string of the molecule is Cc1ncsc1-c1ccc(CNC(=O)[C@H]2C[C@H](O)CN2C(=O)[C@H](NC(=O)C[C@H]2CCC3(CCN(C[C@]4(COc5nc(N6CC7CCC(C6)N7)c6c(n5)sc5c(-c7c(C8CC8)c(C(F)(F)F)cc8[nH]ncc78)nccc56)CC4(F)F)CC3)OC2)C(C)(C)C)cc1. The van der Waals surface area contributed by atoms with Gasteiger partial charge in [0.1, 0.15) is 29.3 Å². The lowest BCUT2D eigenvalue weighted by Crippen LogP contribution is -2.58. The fourth-order valence-electron chi connectivity index (χ4n) is 14.6. The second-order valence-electron chi connectivity index (χ2n) is 27.3. The molecule has 5 saturated heterocycles. The van der Waals surface area contributed by atoms with E-state index in [2.05, 4.69) is 40.9 Å². The first-order chi connectivity index (χ1) is 42.5. The van der Waals surface area contributed by atoms with Crippen LogP contribution in [0.15, 0.2) is 54.3 Å². The minimum absolute atomic E-state index is 0.0358. The number of thiophene rings is 1. The highest BCUT2D eigenvalue weighted by molar-refractivity contribution is 7.26. The van der Waals surface area contributed by atoms with Crippen LogP contribution in [0, 0.1) is 23.7 Å². The number of anilines is 1. The Morgan fingerprint density at radius 1 is 0.955 bits per heavy atom. The number of aryl methyl sites for hydroxylation is 1. The molecule has 2 saturated carbocycles. The maximum Gasteiger partial charge on any atom is 0.416 e. The number of hydrogen-bond acceptors (Lipinski definition) is 16. The first-order valence-corrected chi connectivity index (χ1v) is 32.8. The first-order valence-electron chi connectivity index (χ1n) is 31.1. The highest BCUT2D eigenvalue weighted by Crippen LogP contribution is 2.61. The Kier molecular flexibility index (Phi) is 15.3. The summed E-state index contributed by atoms with van der Waals surface area (Å²) in [6, 6.07) is 9.37. The molecule has 3 amide bonds. The third-order valence-electron chi connectivity index (χ3n) is 19.8. The average Bonchev–Trinajstić information content (AvgIpc) is 1.62. The number of H-pyrrole nitrogens is 1. The molecular formula is C64H73F5N12O6S2. The van der Waals surface area contributed by atoms with Gasteiger partial charge in [-0.05, 0) is 104 Å². The van der Waals surface area contributed by atoms with Crippen molar-refractivity contribution in [2.75, 3.05) is 57.4 Å². The number of aliphatic hydroxyl groups is 1. The summed E-state index contributed by atoms with van der Waals surface area (Å²) in [5.41, 5.74) is 2.55. The Balaban J connectivity index is 0.614. The number of aromatic amines is 1. The van der Waals surface area contributed by atoms with Crippen LogP contribution in [0.4, 0.5) is 27.8 Å². The maximum absolute atomic E-state index is 15.9. The van der Waals surface area contributed by atoms with Crippen LogP contribution in [0.25, 0.3) is 52.9 Å². The molecule has 7 atom stereocenters. The summed E-state index contributed by atoms with van der Waals surface area (Å²) in [7, 11) is 0. The van der Waals surface area contributed by atoms with Crippen LogP contribution in [0.5, 0.6) is 6.01 Å². The lowest BCUT2D eigenvalue weighted by atomic mass is 9.80. The molecule has 14 rings (SSSR count). The number of benzene rings is 2. The van der Waals surface area contributed by atoms with Crippen LogP contribution < -0.4 is 25.6 Å². The summed E-state index contributed by atoms with van der Waals surface area (Å²) in [6.07, 6.45) is 3.37. The van der Waals surface area contributed by atoms with E-state index >= 15 is 8.78 Å². The number of β-amino-alcohol motifs (C(OH)–C–C–N with tert-alkyl or cyclic N) is 1. The van der Waals surface area contributed by atoms with Crippen LogP contribution in [-0.4, -0.2) is 157 Å². The zero-order valence-corrected chi connectivity index (χ0v) is 51.8. The number of thiazole rings is 1. The minimum Gasteiger partial charge on any atom is -0.462 e. The summed E-state index contributed by atoms with van der Waals surface area (Å²) in [5, 5.41) is 29.3. The molecule has 25 heteroatoms. The van der Waals surface area contributed by atoms with Crippen molar-refractivity contribution in [3.05, 3.63) is 76.7 Å². The number of aliphatic hydroxyl groups excluding tert-OH is 1. The monoisotopic (exact) mass is 1260 g/mol. The third kappa shape index (κ3) is 11.6. The number of halogens is 5. The van der Waals surface area contributed by atoms with E-state index in [1.165, 1.54) is 16.2 Å². The van der Waals surface area contributed by atoms with E-state index in [4.69, 9.17) is 24.4 Å². The molecule has 2 aliphatic carbocycles. The molecule has 1 spiro atoms. The number of piperazine rings is 1. The molecule has 18 nitrogen and oxygen atoms in total. The van der Waals surface area contributed by atoms with Gasteiger partial charge in [-0.2, -0.15) is 28.2 Å². The van der Waals surface area contributed by atoms with E-state index in [1.54, 1.807) is 29.2 Å². The van der Waals surface area contributed by atoms with Gasteiger partial charge in [-0.1, -0.05) is 45.0 Å². The predicted octanol–water partition coefficient (Wildman–Crippen LogP) is 9.92. The van der Waals surface area contributed by atoms with Gasteiger partial charge >= 0.3 is 12.2 Å². The number of nitrogens with one attached hydrogen (secondary N) is 4. The summed E-state index contributed by atoms with van der Waals surface area (Å²) in [4.78, 5) is 68.2. The molecule has 5 aliphatic heterocycles. The maximum atomic E-state index is 15.9. The van der Waals surface area contributed by atoms with E-state index in [0.29, 0.717) is 103 Å². The highest BCUT2D eigenvalue weighted by Gasteiger charge is 2.72. The molecule has 7 aliphatic rings. The molecule has 7 fully saturated rings. The van der Waals surface area contributed by atoms with Gasteiger partial charge in [0.05, 0.1) is 72.9 Å². The molecule has 5 N–H and O–H groups in total. The molecule has 89 heavy (non-hydrogen) atoms. The standard InChI is InChI=1S/C64H73F5N12O6S2/c1-34-52(88-33-72-34)38-7-5-35(6-8-38)24-71-56(84)46-22-41(82)28-81(46)58(85)54(60(2,3)4)75-47(83)21-36-13-15-62(87-29-36)16-19-79(20-17-62)31-61(30-63(61,65)66)32-86-59-76-55(80-26-39-11-12-40(27-80)74-39)50-42-14-18-70-51(53(42)89-57(50)77-59)49-43-25-73-78-45(43)23-44(64(67,68)69)48(49)37-9-10-37/h5-8,14,18,23,25,33,36-37,39-41,46,54,74,82H,9-13,15-17,19-22,24,26-32H2,1-4H3,(H,71,84)(H,73,78)(H,75,83)/t36-,39?,40?,41+,46-,54+,61+/m1/s1. The Hall–Kier alpha value is -6.51. The molecule has 5 aromatic heterocycles. The topological polar surface area (TPSA) is 216 Å². The van der Waals surface area contributed by atoms with Crippen molar-refractivity contribution >= 4 is 77.4 Å². The Morgan fingerprint density at radius 2 is 1.71 bits per heavy atom. The largest absolute Gasteiger partial charge is 0.462 e. The number of ether oxygens (including phenoxy) is 2. The number of nitrogens with zero attached hydrogens (tertiary/aromatic N) is 8. The van der Waals surface area contributed by atoms with Gasteiger partial charge in [0, 0.05) is 99.7 Å². The molecule has 10 heterocycles. The van der Waals surface area contributed by atoms with Crippen LogP contribution in [-0.2, 0) is 31.8 Å². The third-order valence-corrected chi connectivity index (χ3v) is 21.9. The van der Waals surface area contributed by atoms with Crippen LogP contribution in [0.1, 0.15) is 120 Å². The Morgan fingerprint density at radius 3 is 2.37 bits per heavy atom. The van der Waals surface area contributed by atoms with Gasteiger partial charge in [-0.25, -0.2) is 13.8 Å². The fourth-order valence-corrected chi connectivity index (χ4v) is 16.6. The minimum atomic E-state index is -4.61. The molecular weight excluding hydrogens is 1190 g/mol. The van der Waals surface area contributed by atoms with E-state index in [1.807, 2.05) is 58.0 Å². The van der Waals surface area contributed by atoms with E-state index in [-0.39, 0.29) is 98.3 Å². The van der Waals surface area contributed by atoms with Crippen molar-refractivity contribution in [2.24, 2.45) is 16.7 Å². The molecule has 2 unspecified atom stereocenters. The van der Waals surface area contributed by atoms with Crippen molar-refractivity contribution in [2.45, 2.75) is 159 Å².